The van der Waals surface area contributed by atoms with Crippen molar-refractivity contribution in [3.05, 3.63) is 59.6 Å². The van der Waals surface area contributed by atoms with Gasteiger partial charge in [-0.2, -0.15) is 0 Å². The van der Waals surface area contributed by atoms with Crippen LogP contribution in [0.3, 0.4) is 0 Å². The van der Waals surface area contributed by atoms with Gasteiger partial charge in [-0.3, -0.25) is 9.78 Å². The van der Waals surface area contributed by atoms with Crippen molar-refractivity contribution in [2.24, 2.45) is 0 Å². The van der Waals surface area contributed by atoms with E-state index in [1.807, 2.05) is 12.1 Å². The van der Waals surface area contributed by atoms with Crippen LogP contribution in [0.2, 0.25) is 5.02 Å². The fourth-order valence-corrected chi connectivity index (χ4v) is 2.07. The largest absolute Gasteiger partial charge is 0.459 e. The van der Waals surface area contributed by atoms with E-state index in [1.165, 1.54) is 6.26 Å². The number of amides is 1. The van der Waals surface area contributed by atoms with E-state index < -0.39 is 0 Å². The third-order valence-electron chi connectivity index (χ3n) is 2.66. The lowest BCUT2D eigenvalue weighted by Crippen LogP contribution is -2.11. The number of fused-ring (bicyclic) bond motifs is 1. The molecule has 1 N–H and O–H groups in total. The number of anilines is 1. The molecule has 4 nitrogen and oxygen atoms in total. The van der Waals surface area contributed by atoms with Crippen molar-refractivity contribution in [3.63, 3.8) is 0 Å². The normalized spacial score (nSPS) is 10.6. The summed E-state index contributed by atoms with van der Waals surface area (Å²) in [6, 6.07) is 10.4. The first kappa shape index (κ1) is 11.7. The number of nitrogens with one attached hydrogen (secondary N) is 1. The molecule has 2 aromatic heterocycles. The average molecular weight is 273 g/mol. The fraction of sp³-hybridized carbons (Fsp3) is 0. The van der Waals surface area contributed by atoms with Crippen molar-refractivity contribution < 1.29 is 9.21 Å². The van der Waals surface area contributed by atoms with Gasteiger partial charge in [-0.05, 0) is 30.3 Å². The van der Waals surface area contributed by atoms with Gasteiger partial charge in [0.05, 0.1) is 17.5 Å². The predicted octanol–water partition coefficient (Wildman–Crippen LogP) is 3.73. The van der Waals surface area contributed by atoms with Crippen molar-refractivity contribution in [2.45, 2.75) is 0 Å². The highest BCUT2D eigenvalue weighted by Gasteiger charge is 2.12. The van der Waals surface area contributed by atoms with Gasteiger partial charge in [0.1, 0.15) is 0 Å². The number of halogens is 1. The van der Waals surface area contributed by atoms with Crippen LogP contribution >= 0.6 is 11.6 Å². The number of pyridine rings is 1. The Morgan fingerprint density at radius 3 is 2.95 bits per heavy atom. The standard InChI is InChI=1S/C14H9ClN2O2/c15-10-7-9-3-1-5-16-13(9)11(8-10)17-14(18)12-4-2-6-19-12/h1-8H,(H,17,18). The molecule has 5 heteroatoms. The number of aromatic nitrogens is 1. The molecular weight excluding hydrogens is 264 g/mol. The van der Waals surface area contributed by atoms with Crippen LogP contribution in [-0.2, 0) is 0 Å². The quantitative estimate of drug-likeness (QED) is 0.773. The van der Waals surface area contributed by atoms with E-state index in [4.69, 9.17) is 16.0 Å². The summed E-state index contributed by atoms with van der Waals surface area (Å²) in [6.07, 6.45) is 3.11. The van der Waals surface area contributed by atoms with E-state index >= 15 is 0 Å². The Labute approximate surface area is 114 Å². The second kappa shape index (κ2) is 4.74. The summed E-state index contributed by atoms with van der Waals surface area (Å²) < 4.78 is 5.04. The number of carbonyl (C=O) groups excluding carboxylic acids is 1. The number of nitrogens with zero attached hydrogens (tertiary/aromatic N) is 1. The molecule has 0 fully saturated rings. The SMILES string of the molecule is O=C(Nc1cc(Cl)cc2cccnc12)c1ccco1. The molecule has 1 amide bonds. The zero-order valence-electron chi connectivity index (χ0n) is 9.76. The number of carbonyl (C=O) groups is 1. The van der Waals surface area contributed by atoms with Crippen LogP contribution in [0.4, 0.5) is 5.69 Å². The molecule has 0 bridgehead atoms. The maximum atomic E-state index is 12.0. The number of furan rings is 1. The van der Waals surface area contributed by atoms with Gasteiger partial charge < -0.3 is 9.73 Å². The second-order valence-corrected chi connectivity index (χ2v) is 4.40. The first-order chi connectivity index (χ1) is 9.24. The molecular formula is C14H9ClN2O2. The van der Waals surface area contributed by atoms with Crippen molar-refractivity contribution in [2.75, 3.05) is 5.32 Å². The topological polar surface area (TPSA) is 55.1 Å². The van der Waals surface area contributed by atoms with Gasteiger partial charge in [0.2, 0.25) is 0 Å². The van der Waals surface area contributed by atoms with Crippen molar-refractivity contribution in [1.82, 2.24) is 4.98 Å². The highest BCUT2D eigenvalue weighted by molar-refractivity contribution is 6.32. The molecule has 3 aromatic rings. The van der Waals surface area contributed by atoms with Crippen LogP contribution in [0.25, 0.3) is 10.9 Å². The van der Waals surface area contributed by atoms with E-state index in [0.29, 0.717) is 16.2 Å². The minimum atomic E-state index is -0.334. The minimum Gasteiger partial charge on any atom is -0.459 e. The number of hydrogen-bond donors (Lipinski definition) is 1. The van der Waals surface area contributed by atoms with Gasteiger partial charge in [-0.25, -0.2) is 0 Å². The zero-order valence-corrected chi connectivity index (χ0v) is 10.5. The van der Waals surface area contributed by atoms with E-state index in [2.05, 4.69) is 10.3 Å². The van der Waals surface area contributed by atoms with E-state index in [9.17, 15) is 4.79 Å². The third-order valence-corrected chi connectivity index (χ3v) is 2.88. The molecule has 0 saturated heterocycles. The van der Waals surface area contributed by atoms with Gasteiger partial charge in [0, 0.05) is 16.6 Å². The van der Waals surface area contributed by atoms with Crippen LogP contribution in [0, 0.1) is 0 Å². The number of benzene rings is 1. The lowest BCUT2D eigenvalue weighted by atomic mass is 10.2. The molecule has 0 radical (unpaired) electrons. The minimum absolute atomic E-state index is 0.240. The Morgan fingerprint density at radius 1 is 1.26 bits per heavy atom. The Morgan fingerprint density at radius 2 is 2.16 bits per heavy atom. The molecule has 1 aromatic carbocycles. The number of hydrogen-bond acceptors (Lipinski definition) is 3. The lowest BCUT2D eigenvalue weighted by molar-refractivity contribution is 0.0997. The van der Waals surface area contributed by atoms with Crippen LogP contribution in [0.15, 0.2) is 53.3 Å². The van der Waals surface area contributed by atoms with Gasteiger partial charge in [-0.15, -0.1) is 0 Å². The first-order valence-corrected chi connectivity index (χ1v) is 6.01. The van der Waals surface area contributed by atoms with Crippen LogP contribution in [0.1, 0.15) is 10.6 Å². The van der Waals surface area contributed by atoms with Crippen molar-refractivity contribution in [3.8, 4) is 0 Å². The van der Waals surface area contributed by atoms with Gasteiger partial charge in [-0.1, -0.05) is 17.7 Å². The Kier molecular flexibility index (Phi) is 2.93. The van der Waals surface area contributed by atoms with Crippen molar-refractivity contribution in [1.29, 1.82) is 0 Å². The molecule has 94 valence electrons. The Bertz CT molecular complexity index is 738. The molecule has 0 saturated carbocycles. The summed E-state index contributed by atoms with van der Waals surface area (Å²) >= 11 is 6.03. The second-order valence-electron chi connectivity index (χ2n) is 3.96. The molecule has 0 aliphatic carbocycles. The summed E-state index contributed by atoms with van der Waals surface area (Å²) in [7, 11) is 0. The summed E-state index contributed by atoms with van der Waals surface area (Å²) in [6.45, 7) is 0. The summed E-state index contributed by atoms with van der Waals surface area (Å²) in [5, 5.41) is 4.15. The molecule has 0 spiro atoms. The van der Waals surface area contributed by atoms with E-state index in [1.54, 1.807) is 30.5 Å². The summed E-state index contributed by atoms with van der Waals surface area (Å²) in [4.78, 5) is 16.2. The van der Waals surface area contributed by atoms with E-state index in [0.717, 1.165) is 5.39 Å². The lowest BCUT2D eigenvalue weighted by Gasteiger charge is -2.07. The molecule has 2 heterocycles. The Balaban J connectivity index is 2.03. The molecule has 0 aliphatic rings. The third kappa shape index (κ3) is 2.30. The highest BCUT2D eigenvalue weighted by Crippen LogP contribution is 2.26. The van der Waals surface area contributed by atoms with Crippen molar-refractivity contribution >= 4 is 34.1 Å². The van der Waals surface area contributed by atoms with Gasteiger partial charge in [0.25, 0.3) is 5.91 Å². The predicted molar refractivity (Wildman–Crippen MR) is 73.4 cm³/mol. The zero-order chi connectivity index (χ0) is 13.2. The highest BCUT2D eigenvalue weighted by atomic mass is 35.5. The molecule has 0 aliphatic heterocycles. The molecule has 3 rings (SSSR count). The van der Waals surface area contributed by atoms with Crippen LogP contribution in [0.5, 0.6) is 0 Å². The molecule has 0 unspecified atom stereocenters. The smallest absolute Gasteiger partial charge is 0.291 e. The summed E-state index contributed by atoms with van der Waals surface area (Å²) in [5.41, 5.74) is 1.25. The Hall–Kier alpha value is -2.33. The molecule has 19 heavy (non-hydrogen) atoms. The first-order valence-electron chi connectivity index (χ1n) is 5.63. The fourth-order valence-electron chi connectivity index (χ4n) is 1.84. The maximum absolute atomic E-state index is 12.0. The average Bonchev–Trinajstić information content (AvgIpc) is 2.92. The number of rotatable bonds is 2. The van der Waals surface area contributed by atoms with Crippen LogP contribution < -0.4 is 5.32 Å². The van der Waals surface area contributed by atoms with Gasteiger partial charge in [0.15, 0.2) is 5.76 Å². The van der Waals surface area contributed by atoms with Gasteiger partial charge >= 0.3 is 0 Å². The van der Waals surface area contributed by atoms with Crippen LogP contribution in [-0.4, -0.2) is 10.9 Å². The summed E-state index contributed by atoms with van der Waals surface area (Å²) in [5.74, 6) is -0.0942. The maximum Gasteiger partial charge on any atom is 0.291 e. The monoisotopic (exact) mass is 272 g/mol. The van der Waals surface area contributed by atoms with E-state index in [-0.39, 0.29) is 11.7 Å². The molecule has 0 atom stereocenters.